The largest absolute Gasteiger partial charge is 0.493 e. The lowest BCUT2D eigenvalue weighted by atomic mass is 10.3. The summed E-state index contributed by atoms with van der Waals surface area (Å²) in [7, 11) is 1.53. The average Bonchev–Trinajstić information content (AvgIpc) is 3.28. The summed E-state index contributed by atoms with van der Waals surface area (Å²) >= 11 is 0. The van der Waals surface area contributed by atoms with Crippen LogP contribution in [-0.4, -0.2) is 38.9 Å². The molecule has 7 heteroatoms. The molecule has 1 amide bonds. The second-order valence-corrected chi connectivity index (χ2v) is 5.24. The van der Waals surface area contributed by atoms with Crippen LogP contribution >= 0.6 is 0 Å². The Hall–Kier alpha value is -3.09. The monoisotopic (exact) mass is 325 g/mol. The lowest BCUT2D eigenvalue weighted by Crippen LogP contribution is -2.26. The molecule has 3 aromatic rings. The normalized spacial score (nSPS) is 10.5. The van der Waals surface area contributed by atoms with Crippen LogP contribution in [0.2, 0.25) is 0 Å². The van der Waals surface area contributed by atoms with Gasteiger partial charge in [-0.05, 0) is 18.6 Å². The number of carbonyl (C=O) groups is 1. The molecule has 0 saturated carbocycles. The highest BCUT2D eigenvalue weighted by molar-refractivity contribution is 5.94. The highest BCUT2D eigenvalue weighted by Gasteiger charge is 2.17. The molecule has 0 bridgehead atoms. The Morgan fingerprint density at radius 3 is 2.83 bits per heavy atom. The summed E-state index contributed by atoms with van der Waals surface area (Å²) < 4.78 is 8.88. The molecule has 0 spiro atoms. The molecular formula is C17H19N5O2. The number of benzene rings is 1. The Kier molecular flexibility index (Phi) is 4.90. The minimum absolute atomic E-state index is 0.243. The molecule has 0 fully saturated rings. The molecule has 124 valence electrons. The van der Waals surface area contributed by atoms with Crippen LogP contribution in [0.1, 0.15) is 16.9 Å². The smallest absolute Gasteiger partial charge is 0.275 e. The summed E-state index contributed by atoms with van der Waals surface area (Å²) in [5.41, 5.74) is 1.15. The van der Waals surface area contributed by atoms with Gasteiger partial charge in [0.1, 0.15) is 0 Å². The zero-order chi connectivity index (χ0) is 16.8. The first kappa shape index (κ1) is 15.8. The molecule has 1 N–H and O–H groups in total. The van der Waals surface area contributed by atoms with Crippen LogP contribution in [0.25, 0.3) is 5.69 Å². The Morgan fingerprint density at radius 2 is 2.12 bits per heavy atom. The van der Waals surface area contributed by atoms with Gasteiger partial charge in [-0.25, -0.2) is 9.67 Å². The van der Waals surface area contributed by atoms with E-state index in [4.69, 9.17) is 4.74 Å². The summed E-state index contributed by atoms with van der Waals surface area (Å²) in [5, 5.41) is 7.22. The van der Waals surface area contributed by atoms with Gasteiger partial charge in [0, 0.05) is 25.5 Å². The fourth-order valence-corrected chi connectivity index (χ4v) is 2.34. The quantitative estimate of drug-likeness (QED) is 0.673. The first-order valence-corrected chi connectivity index (χ1v) is 7.71. The first-order valence-electron chi connectivity index (χ1n) is 7.71. The number of hydrogen-bond donors (Lipinski definition) is 1. The summed E-state index contributed by atoms with van der Waals surface area (Å²) in [4.78, 5) is 16.3. The van der Waals surface area contributed by atoms with Gasteiger partial charge in [-0.3, -0.25) is 4.79 Å². The second-order valence-electron chi connectivity index (χ2n) is 5.24. The summed E-state index contributed by atoms with van der Waals surface area (Å²) in [6.45, 7) is 1.36. The highest BCUT2D eigenvalue weighted by atomic mass is 16.5. The Morgan fingerprint density at radius 1 is 1.29 bits per heavy atom. The molecule has 0 aliphatic rings. The van der Waals surface area contributed by atoms with Crippen molar-refractivity contribution in [3.05, 3.63) is 60.9 Å². The minimum atomic E-state index is -0.243. The van der Waals surface area contributed by atoms with Gasteiger partial charge in [0.05, 0.1) is 25.3 Å². The van der Waals surface area contributed by atoms with Crippen LogP contribution in [-0.2, 0) is 6.54 Å². The van der Waals surface area contributed by atoms with Gasteiger partial charge in [0.25, 0.3) is 5.91 Å². The summed E-state index contributed by atoms with van der Waals surface area (Å²) in [6.07, 6.45) is 7.90. The van der Waals surface area contributed by atoms with E-state index in [9.17, 15) is 4.79 Å². The number of hydrogen-bond acceptors (Lipinski definition) is 4. The Bertz CT molecular complexity index is 781. The number of amides is 1. The van der Waals surface area contributed by atoms with Gasteiger partial charge in [-0.1, -0.05) is 18.2 Å². The number of carbonyl (C=O) groups excluding carboxylic acids is 1. The van der Waals surface area contributed by atoms with E-state index >= 15 is 0 Å². The van der Waals surface area contributed by atoms with Gasteiger partial charge in [0.15, 0.2) is 11.4 Å². The van der Waals surface area contributed by atoms with Gasteiger partial charge in [-0.15, -0.1) is 0 Å². The Labute approximate surface area is 139 Å². The fourth-order valence-electron chi connectivity index (χ4n) is 2.34. The van der Waals surface area contributed by atoms with Crippen LogP contribution in [0.5, 0.6) is 5.75 Å². The number of methoxy groups -OCH3 is 1. The standard InChI is InChI=1S/C17H19N5O2/c1-24-15-12-22(14-6-3-2-4-7-14)20-16(15)17(23)19-8-5-10-21-11-9-18-13-21/h2-4,6-7,9,11-13H,5,8,10H2,1H3,(H,19,23). The molecule has 0 aliphatic heterocycles. The van der Waals surface area contributed by atoms with Crippen molar-refractivity contribution >= 4 is 5.91 Å². The molecule has 0 aliphatic carbocycles. The molecule has 24 heavy (non-hydrogen) atoms. The maximum Gasteiger partial charge on any atom is 0.275 e. The van der Waals surface area contributed by atoms with Gasteiger partial charge < -0.3 is 14.6 Å². The average molecular weight is 325 g/mol. The molecule has 0 unspecified atom stereocenters. The summed E-state index contributed by atoms with van der Waals surface area (Å²) in [5.74, 6) is 0.207. The molecule has 2 heterocycles. The first-order chi connectivity index (χ1) is 11.8. The summed E-state index contributed by atoms with van der Waals surface area (Å²) in [6, 6.07) is 9.59. The molecule has 3 rings (SSSR count). The van der Waals surface area contributed by atoms with E-state index in [0.717, 1.165) is 18.7 Å². The number of para-hydroxylation sites is 1. The van der Waals surface area contributed by atoms with Crippen LogP contribution in [0, 0.1) is 0 Å². The van der Waals surface area contributed by atoms with E-state index < -0.39 is 0 Å². The van der Waals surface area contributed by atoms with Crippen molar-refractivity contribution in [2.75, 3.05) is 13.7 Å². The molecule has 2 aromatic heterocycles. The number of aromatic nitrogens is 4. The van der Waals surface area contributed by atoms with Gasteiger partial charge >= 0.3 is 0 Å². The maximum atomic E-state index is 12.3. The molecular weight excluding hydrogens is 306 g/mol. The van der Waals surface area contributed by atoms with Crippen LogP contribution in [0.4, 0.5) is 0 Å². The van der Waals surface area contributed by atoms with Crippen molar-refractivity contribution < 1.29 is 9.53 Å². The van der Waals surface area contributed by atoms with Crippen molar-refractivity contribution in [3.8, 4) is 11.4 Å². The third kappa shape index (κ3) is 3.62. The lowest BCUT2D eigenvalue weighted by Gasteiger charge is -2.05. The van der Waals surface area contributed by atoms with Crippen LogP contribution in [0.3, 0.4) is 0 Å². The number of ether oxygens (including phenoxy) is 1. The zero-order valence-electron chi connectivity index (χ0n) is 13.4. The van der Waals surface area contributed by atoms with Crippen molar-refractivity contribution in [1.82, 2.24) is 24.6 Å². The lowest BCUT2D eigenvalue weighted by molar-refractivity contribution is 0.0944. The number of imidazole rings is 1. The van der Waals surface area contributed by atoms with E-state index in [2.05, 4.69) is 15.4 Å². The highest BCUT2D eigenvalue weighted by Crippen LogP contribution is 2.19. The van der Waals surface area contributed by atoms with E-state index in [0.29, 0.717) is 12.3 Å². The van der Waals surface area contributed by atoms with E-state index in [1.54, 1.807) is 23.4 Å². The molecule has 7 nitrogen and oxygen atoms in total. The number of aryl methyl sites for hydroxylation is 1. The molecule has 1 aromatic carbocycles. The van der Waals surface area contributed by atoms with Crippen molar-refractivity contribution in [3.63, 3.8) is 0 Å². The predicted octanol–water partition coefficient (Wildman–Crippen LogP) is 1.90. The van der Waals surface area contributed by atoms with E-state index in [1.165, 1.54) is 7.11 Å². The molecule has 0 atom stereocenters. The number of nitrogens with one attached hydrogen (secondary N) is 1. The number of nitrogens with zero attached hydrogens (tertiary/aromatic N) is 4. The van der Waals surface area contributed by atoms with Gasteiger partial charge in [0.2, 0.25) is 0 Å². The minimum Gasteiger partial charge on any atom is -0.493 e. The van der Waals surface area contributed by atoms with Crippen molar-refractivity contribution in [1.29, 1.82) is 0 Å². The van der Waals surface area contributed by atoms with Gasteiger partial charge in [-0.2, -0.15) is 5.10 Å². The van der Waals surface area contributed by atoms with Crippen molar-refractivity contribution in [2.45, 2.75) is 13.0 Å². The third-order valence-electron chi connectivity index (χ3n) is 3.57. The van der Waals surface area contributed by atoms with E-state index in [1.807, 2.05) is 41.1 Å². The Balaban J connectivity index is 1.62. The second kappa shape index (κ2) is 7.45. The fraction of sp³-hybridized carbons (Fsp3) is 0.235. The third-order valence-corrected chi connectivity index (χ3v) is 3.57. The maximum absolute atomic E-state index is 12.3. The van der Waals surface area contributed by atoms with Crippen LogP contribution < -0.4 is 10.1 Å². The molecule has 0 saturated heterocycles. The predicted molar refractivity (Wildman–Crippen MR) is 89.3 cm³/mol. The van der Waals surface area contributed by atoms with Crippen LogP contribution in [0.15, 0.2) is 55.2 Å². The molecule has 0 radical (unpaired) electrons. The SMILES string of the molecule is COc1cn(-c2ccccc2)nc1C(=O)NCCCn1ccnc1. The van der Waals surface area contributed by atoms with Crippen molar-refractivity contribution in [2.24, 2.45) is 0 Å². The topological polar surface area (TPSA) is 74.0 Å². The zero-order valence-corrected chi connectivity index (χ0v) is 13.4. The number of rotatable bonds is 7. The van der Waals surface area contributed by atoms with E-state index in [-0.39, 0.29) is 11.6 Å².